The molecule has 0 spiro atoms. The van der Waals surface area contributed by atoms with Gasteiger partial charge in [0.15, 0.2) is 10.9 Å². The van der Waals surface area contributed by atoms with Crippen molar-refractivity contribution in [1.29, 1.82) is 0 Å². The molecule has 0 aliphatic carbocycles. The van der Waals surface area contributed by atoms with E-state index in [1.807, 2.05) is 25.2 Å². The number of hydrogen-bond acceptors (Lipinski definition) is 2. The Hall–Kier alpha value is -1.49. The van der Waals surface area contributed by atoms with Crippen molar-refractivity contribution in [3.8, 4) is 5.75 Å². The quantitative estimate of drug-likeness (QED) is 0.395. The van der Waals surface area contributed by atoms with E-state index in [-0.39, 0.29) is 10.8 Å². The number of anilines is 1. The highest BCUT2D eigenvalue weighted by atomic mass is 35.5. The fourth-order valence-corrected chi connectivity index (χ4v) is 2.23. The number of rotatable bonds is 5. The standard InChI is InChI=1S/C16H18Cl2N2OS/c1-4-6-7-11(5-2)9-19-16(22)20-13-8-12(17)10(3)14(18)15(13)21/h4-8,21H,1,9H2,2-3H3,(H2,19,20,22)/b7-6-,11-5+. The lowest BCUT2D eigenvalue weighted by atomic mass is 10.2. The first kappa shape index (κ1) is 18.6. The second-order valence-electron chi connectivity index (χ2n) is 4.46. The summed E-state index contributed by atoms with van der Waals surface area (Å²) in [4.78, 5) is 0. The molecule has 0 heterocycles. The molecule has 1 aromatic carbocycles. The number of nitrogens with one attached hydrogen (secondary N) is 2. The summed E-state index contributed by atoms with van der Waals surface area (Å²) in [5, 5.41) is 17.0. The number of phenols is 1. The van der Waals surface area contributed by atoms with Crippen LogP contribution in [0, 0.1) is 6.92 Å². The van der Waals surface area contributed by atoms with Gasteiger partial charge in [0.05, 0.1) is 10.7 Å². The Morgan fingerprint density at radius 3 is 2.73 bits per heavy atom. The monoisotopic (exact) mass is 356 g/mol. The number of thiocarbonyl (C=S) groups is 1. The number of halogens is 2. The molecule has 1 rings (SSSR count). The summed E-state index contributed by atoms with van der Waals surface area (Å²) < 4.78 is 0. The average molecular weight is 357 g/mol. The zero-order chi connectivity index (χ0) is 16.7. The summed E-state index contributed by atoms with van der Waals surface area (Å²) in [5.74, 6) is -0.0782. The van der Waals surface area contributed by atoms with Gasteiger partial charge in [-0.25, -0.2) is 0 Å². The molecule has 0 atom stereocenters. The molecule has 0 unspecified atom stereocenters. The summed E-state index contributed by atoms with van der Waals surface area (Å²) in [5.41, 5.74) is 2.03. The maximum atomic E-state index is 10.0. The van der Waals surface area contributed by atoms with Crippen molar-refractivity contribution in [3.05, 3.63) is 58.1 Å². The molecule has 0 saturated heterocycles. The highest BCUT2D eigenvalue weighted by molar-refractivity contribution is 7.80. The van der Waals surface area contributed by atoms with Gasteiger partial charge in [-0.3, -0.25) is 0 Å². The molecule has 0 aromatic heterocycles. The number of phenolic OH excluding ortho intramolecular Hbond substituents is 1. The fraction of sp³-hybridized carbons (Fsp3) is 0.188. The lowest BCUT2D eigenvalue weighted by Crippen LogP contribution is -2.29. The molecular formula is C16H18Cl2N2OS. The van der Waals surface area contributed by atoms with Gasteiger partial charge in [0.1, 0.15) is 0 Å². The van der Waals surface area contributed by atoms with Crippen LogP contribution in [0.25, 0.3) is 0 Å². The SMILES string of the molecule is C=C/C=C\C(=C/C)CNC(=S)Nc1cc(Cl)c(C)c(Cl)c1O. The van der Waals surface area contributed by atoms with E-state index in [0.717, 1.165) is 5.57 Å². The third-order valence-corrected chi connectivity index (χ3v) is 4.04. The van der Waals surface area contributed by atoms with Crippen molar-refractivity contribution in [3.63, 3.8) is 0 Å². The molecule has 3 nitrogen and oxygen atoms in total. The summed E-state index contributed by atoms with van der Waals surface area (Å²) >= 11 is 17.3. The van der Waals surface area contributed by atoms with E-state index in [4.69, 9.17) is 35.4 Å². The largest absolute Gasteiger partial charge is 0.504 e. The van der Waals surface area contributed by atoms with Crippen molar-refractivity contribution in [2.75, 3.05) is 11.9 Å². The Balaban J connectivity index is 2.74. The topological polar surface area (TPSA) is 44.3 Å². The first-order valence-electron chi connectivity index (χ1n) is 6.57. The van der Waals surface area contributed by atoms with Crippen LogP contribution in [0.5, 0.6) is 5.75 Å². The second kappa shape index (κ2) is 8.83. The minimum absolute atomic E-state index is 0.0782. The molecule has 0 radical (unpaired) electrons. The van der Waals surface area contributed by atoms with Crippen molar-refractivity contribution in [2.45, 2.75) is 13.8 Å². The minimum Gasteiger partial charge on any atom is -0.504 e. The Bertz CT molecular complexity index is 640. The highest BCUT2D eigenvalue weighted by Gasteiger charge is 2.13. The summed E-state index contributed by atoms with van der Waals surface area (Å²) in [7, 11) is 0. The Morgan fingerprint density at radius 2 is 2.14 bits per heavy atom. The summed E-state index contributed by atoms with van der Waals surface area (Å²) in [6, 6.07) is 1.58. The van der Waals surface area contributed by atoms with E-state index < -0.39 is 0 Å². The van der Waals surface area contributed by atoms with E-state index in [2.05, 4.69) is 17.2 Å². The van der Waals surface area contributed by atoms with Crippen molar-refractivity contribution in [2.24, 2.45) is 0 Å². The Labute approximate surface area is 146 Å². The average Bonchev–Trinajstić information content (AvgIpc) is 2.50. The second-order valence-corrected chi connectivity index (χ2v) is 5.65. The van der Waals surface area contributed by atoms with E-state index in [0.29, 0.717) is 27.9 Å². The number of benzene rings is 1. The van der Waals surface area contributed by atoms with Gasteiger partial charge < -0.3 is 15.7 Å². The normalized spacial score (nSPS) is 11.5. The molecule has 118 valence electrons. The smallest absolute Gasteiger partial charge is 0.171 e. The van der Waals surface area contributed by atoms with Gasteiger partial charge in [-0.05, 0) is 43.3 Å². The van der Waals surface area contributed by atoms with Crippen LogP contribution in [0.3, 0.4) is 0 Å². The number of hydrogen-bond donors (Lipinski definition) is 3. The highest BCUT2D eigenvalue weighted by Crippen LogP contribution is 2.38. The molecule has 0 fully saturated rings. The van der Waals surface area contributed by atoms with Crippen molar-refractivity contribution < 1.29 is 5.11 Å². The van der Waals surface area contributed by atoms with Crippen LogP contribution in [-0.4, -0.2) is 16.8 Å². The molecule has 0 bridgehead atoms. The van der Waals surface area contributed by atoms with E-state index in [9.17, 15) is 5.11 Å². The molecule has 0 amide bonds. The third kappa shape index (κ3) is 5.05. The molecule has 0 aliphatic heterocycles. The lowest BCUT2D eigenvalue weighted by Gasteiger charge is -2.14. The van der Waals surface area contributed by atoms with E-state index >= 15 is 0 Å². The summed E-state index contributed by atoms with van der Waals surface area (Å²) in [6.07, 6.45) is 7.44. The van der Waals surface area contributed by atoms with Crippen LogP contribution in [0.1, 0.15) is 12.5 Å². The van der Waals surface area contributed by atoms with Crippen LogP contribution in [-0.2, 0) is 0 Å². The molecule has 6 heteroatoms. The third-order valence-electron chi connectivity index (χ3n) is 2.94. The molecule has 0 saturated carbocycles. The van der Waals surface area contributed by atoms with E-state index in [1.165, 1.54) is 0 Å². The predicted molar refractivity (Wildman–Crippen MR) is 100 cm³/mol. The van der Waals surface area contributed by atoms with Gasteiger partial charge >= 0.3 is 0 Å². The van der Waals surface area contributed by atoms with Gasteiger partial charge in [-0.15, -0.1) is 0 Å². The van der Waals surface area contributed by atoms with Crippen LogP contribution >= 0.6 is 35.4 Å². The molecular weight excluding hydrogens is 339 g/mol. The molecule has 1 aromatic rings. The van der Waals surface area contributed by atoms with Gasteiger partial charge in [0, 0.05) is 11.6 Å². The van der Waals surface area contributed by atoms with Crippen LogP contribution in [0.15, 0.2) is 42.5 Å². The first-order valence-corrected chi connectivity index (χ1v) is 7.73. The number of aromatic hydroxyl groups is 1. The molecule has 3 N–H and O–H groups in total. The van der Waals surface area contributed by atoms with Gasteiger partial charge in [-0.2, -0.15) is 0 Å². The van der Waals surface area contributed by atoms with Gasteiger partial charge in [0.25, 0.3) is 0 Å². The molecule has 22 heavy (non-hydrogen) atoms. The Morgan fingerprint density at radius 1 is 1.45 bits per heavy atom. The minimum atomic E-state index is -0.0782. The van der Waals surface area contributed by atoms with Crippen LogP contribution in [0.4, 0.5) is 5.69 Å². The predicted octanol–water partition coefficient (Wildman–Crippen LogP) is 4.98. The van der Waals surface area contributed by atoms with Gasteiger partial charge in [0.2, 0.25) is 0 Å². The van der Waals surface area contributed by atoms with Crippen molar-refractivity contribution in [1.82, 2.24) is 5.32 Å². The maximum Gasteiger partial charge on any atom is 0.171 e. The first-order chi connectivity index (χ1) is 10.4. The lowest BCUT2D eigenvalue weighted by molar-refractivity contribution is 0.477. The zero-order valence-electron chi connectivity index (χ0n) is 12.4. The fourth-order valence-electron chi connectivity index (χ4n) is 1.60. The molecule has 0 aliphatic rings. The number of allylic oxidation sites excluding steroid dienone is 3. The van der Waals surface area contributed by atoms with Crippen LogP contribution < -0.4 is 10.6 Å². The van der Waals surface area contributed by atoms with E-state index in [1.54, 1.807) is 19.1 Å². The van der Waals surface area contributed by atoms with Crippen molar-refractivity contribution >= 4 is 46.2 Å². The zero-order valence-corrected chi connectivity index (χ0v) is 14.7. The Kier molecular flexibility index (Phi) is 7.45. The maximum absolute atomic E-state index is 10.0. The van der Waals surface area contributed by atoms with Crippen LogP contribution in [0.2, 0.25) is 10.0 Å². The summed E-state index contributed by atoms with van der Waals surface area (Å²) in [6.45, 7) is 7.84. The van der Waals surface area contributed by atoms with Gasteiger partial charge in [-0.1, -0.05) is 54.1 Å².